The Labute approximate surface area is 198 Å². The van der Waals surface area contributed by atoms with E-state index in [-0.39, 0.29) is 24.5 Å². The summed E-state index contributed by atoms with van der Waals surface area (Å²) in [6, 6.07) is 16.0. The first-order valence-electron chi connectivity index (χ1n) is 11.7. The molecule has 2 aliphatic rings. The van der Waals surface area contributed by atoms with Crippen LogP contribution in [0.3, 0.4) is 0 Å². The number of fused-ring (bicyclic) bond motifs is 1. The third-order valence-corrected chi connectivity index (χ3v) is 7.18. The number of likely N-dealkylation sites (tertiary alicyclic amines) is 1. The summed E-state index contributed by atoms with van der Waals surface area (Å²) in [4.78, 5) is 52.2. The number of hydrogen-bond acceptors (Lipinski definition) is 4. The monoisotopic (exact) mass is 463 g/mol. The molecule has 2 atom stereocenters. The van der Waals surface area contributed by atoms with Gasteiger partial charge in [0.05, 0.1) is 6.42 Å². The van der Waals surface area contributed by atoms with Gasteiger partial charge in [0.15, 0.2) is 0 Å². The van der Waals surface area contributed by atoms with E-state index in [0.29, 0.717) is 38.6 Å². The lowest BCUT2D eigenvalue weighted by atomic mass is 9.73. The molecule has 4 rings (SSSR count). The molecule has 0 radical (unpaired) electrons. The lowest BCUT2D eigenvalue weighted by Crippen LogP contribution is -2.45. The van der Waals surface area contributed by atoms with Gasteiger partial charge in [0.2, 0.25) is 5.91 Å². The molecule has 0 bridgehead atoms. The summed E-state index contributed by atoms with van der Waals surface area (Å²) < 4.78 is 0. The zero-order chi connectivity index (χ0) is 24.3. The Kier molecular flexibility index (Phi) is 6.82. The molecule has 1 amide bonds. The molecule has 1 heterocycles. The van der Waals surface area contributed by atoms with E-state index < -0.39 is 29.3 Å². The number of aliphatic carboxylic acids is 2. The van der Waals surface area contributed by atoms with Crippen LogP contribution in [-0.4, -0.2) is 51.3 Å². The minimum Gasteiger partial charge on any atom is -0.481 e. The van der Waals surface area contributed by atoms with Gasteiger partial charge in [0, 0.05) is 24.3 Å². The second kappa shape index (κ2) is 9.79. The molecule has 2 aromatic rings. The van der Waals surface area contributed by atoms with Crippen LogP contribution in [0.1, 0.15) is 42.4 Å². The Morgan fingerprint density at radius 2 is 1.56 bits per heavy atom. The first kappa shape index (κ1) is 23.7. The molecule has 0 spiro atoms. The summed E-state index contributed by atoms with van der Waals surface area (Å²) in [7, 11) is 0. The fourth-order valence-electron chi connectivity index (χ4n) is 5.51. The maximum Gasteiger partial charge on any atom is 0.326 e. The summed E-state index contributed by atoms with van der Waals surface area (Å²) in [6.07, 6.45) is 1.55. The molecule has 2 N–H and O–H groups in total. The first-order chi connectivity index (χ1) is 16.3. The second-order valence-corrected chi connectivity index (χ2v) is 9.51. The van der Waals surface area contributed by atoms with E-state index >= 15 is 0 Å². The van der Waals surface area contributed by atoms with Crippen LogP contribution in [0.25, 0.3) is 0 Å². The van der Waals surface area contributed by atoms with E-state index in [0.717, 1.165) is 16.7 Å². The maximum absolute atomic E-state index is 13.8. The minimum atomic E-state index is -1.10. The Morgan fingerprint density at radius 3 is 2.15 bits per heavy atom. The Morgan fingerprint density at radius 1 is 0.941 bits per heavy atom. The Hall–Kier alpha value is -3.48. The van der Waals surface area contributed by atoms with Gasteiger partial charge < -0.3 is 15.1 Å². The largest absolute Gasteiger partial charge is 0.481 e. The van der Waals surface area contributed by atoms with Gasteiger partial charge in [-0.15, -0.1) is 0 Å². The number of carboxylic acids is 2. The van der Waals surface area contributed by atoms with Crippen LogP contribution in [0.2, 0.25) is 0 Å². The molecule has 178 valence electrons. The van der Waals surface area contributed by atoms with Crippen LogP contribution in [0, 0.1) is 11.3 Å². The fourth-order valence-corrected chi connectivity index (χ4v) is 5.51. The van der Waals surface area contributed by atoms with E-state index in [4.69, 9.17) is 0 Å². The van der Waals surface area contributed by atoms with Crippen molar-refractivity contribution in [1.29, 1.82) is 0 Å². The average molecular weight is 464 g/mol. The van der Waals surface area contributed by atoms with Crippen molar-refractivity contribution in [2.45, 2.75) is 51.0 Å². The molecule has 2 aromatic carbocycles. The third-order valence-electron chi connectivity index (χ3n) is 7.18. The molecule has 1 saturated heterocycles. The normalized spacial score (nSPS) is 19.4. The van der Waals surface area contributed by atoms with Crippen molar-refractivity contribution in [2.24, 2.45) is 11.3 Å². The number of benzene rings is 2. The highest BCUT2D eigenvalue weighted by molar-refractivity contribution is 5.94. The van der Waals surface area contributed by atoms with Crippen molar-refractivity contribution in [3.8, 4) is 0 Å². The molecule has 1 aliphatic heterocycles. The third kappa shape index (κ3) is 4.88. The summed E-state index contributed by atoms with van der Waals surface area (Å²) in [5, 5.41) is 19.2. The molecule has 1 fully saturated rings. The molecule has 0 saturated carbocycles. The van der Waals surface area contributed by atoms with Crippen molar-refractivity contribution in [1.82, 2.24) is 4.90 Å². The molecular weight excluding hydrogens is 434 g/mol. The van der Waals surface area contributed by atoms with Gasteiger partial charge in [-0.1, -0.05) is 54.6 Å². The van der Waals surface area contributed by atoms with Gasteiger partial charge in [-0.05, 0) is 48.8 Å². The lowest BCUT2D eigenvalue weighted by Gasteiger charge is -2.30. The number of ketones is 1. The molecule has 0 unspecified atom stereocenters. The Balaban J connectivity index is 1.62. The molecule has 7 heteroatoms. The lowest BCUT2D eigenvalue weighted by molar-refractivity contribution is -0.151. The van der Waals surface area contributed by atoms with Crippen molar-refractivity contribution >= 4 is 23.6 Å². The van der Waals surface area contributed by atoms with Gasteiger partial charge in [0.25, 0.3) is 0 Å². The number of Topliss-reactive ketones (excluding diaryl/α,β-unsaturated/α-hetero) is 1. The number of nitrogens with zero attached hydrogens (tertiary/aromatic N) is 1. The molecule has 1 aliphatic carbocycles. The predicted molar refractivity (Wildman–Crippen MR) is 124 cm³/mol. The predicted octanol–water partition coefficient (Wildman–Crippen LogP) is 3.14. The minimum absolute atomic E-state index is 0.113. The van der Waals surface area contributed by atoms with Gasteiger partial charge in [0.1, 0.15) is 11.8 Å². The Bertz CT molecular complexity index is 1070. The van der Waals surface area contributed by atoms with Crippen molar-refractivity contribution in [3.63, 3.8) is 0 Å². The van der Waals surface area contributed by atoms with E-state index in [1.807, 2.05) is 54.6 Å². The molecule has 7 nitrogen and oxygen atoms in total. The number of hydrogen-bond donors (Lipinski definition) is 2. The highest BCUT2D eigenvalue weighted by Crippen LogP contribution is 2.42. The van der Waals surface area contributed by atoms with E-state index in [9.17, 15) is 29.4 Å². The van der Waals surface area contributed by atoms with E-state index in [1.165, 1.54) is 4.90 Å². The van der Waals surface area contributed by atoms with Crippen LogP contribution in [0.5, 0.6) is 0 Å². The number of carboxylic acid groups (broad SMARTS) is 2. The van der Waals surface area contributed by atoms with Crippen molar-refractivity contribution in [2.75, 3.05) is 6.54 Å². The molecular formula is C27H29NO6. The number of amides is 1. The summed E-state index contributed by atoms with van der Waals surface area (Å²) in [5.74, 6) is -3.42. The number of carbonyl (C=O) groups excluding carboxylic acids is 2. The number of rotatable bonds is 9. The van der Waals surface area contributed by atoms with Crippen molar-refractivity contribution < 1.29 is 29.4 Å². The van der Waals surface area contributed by atoms with Crippen LogP contribution >= 0.6 is 0 Å². The highest BCUT2D eigenvalue weighted by Gasteiger charge is 2.47. The smallest absolute Gasteiger partial charge is 0.326 e. The van der Waals surface area contributed by atoms with Crippen molar-refractivity contribution in [3.05, 3.63) is 71.3 Å². The molecule has 34 heavy (non-hydrogen) atoms. The second-order valence-electron chi connectivity index (χ2n) is 9.51. The first-order valence-corrected chi connectivity index (χ1v) is 11.7. The zero-order valence-electron chi connectivity index (χ0n) is 19.0. The topological polar surface area (TPSA) is 112 Å². The van der Waals surface area contributed by atoms with Crippen LogP contribution in [0.15, 0.2) is 54.6 Å². The molecule has 0 aromatic heterocycles. The van der Waals surface area contributed by atoms with Crippen LogP contribution in [-0.2, 0) is 38.4 Å². The highest BCUT2D eigenvalue weighted by atomic mass is 16.4. The van der Waals surface area contributed by atoms with Crippen LogP contribution < -0.4 is 0 Å². The summed E-state index contributed by atoms with van der Waals surface area (Å²) >= 11 is 0. The van der Waals surface area contributed by atoms with Gasteiger partial charge in [-0.2, -0.15) is 0 Å². The average Bonchev–Trinajstić information content (AvgIpc) is 3.44. The maximum atomic E-state index is 13.8. The van der Waals surface area contributed by atoms with Gasteiger partial charge in [-0.3, -0.25) is 14.4 Å². The summed E-state index contributed by atoms with van der Waals surface area (Å²) in [6.45, 7) is 0.348. The van der Waals surface area contributed by atoms with Gasteiger partial charge >= 0.3 is 11.9 Å². The SMILES string of the molecule is O=C(O)CC1(C(=O)C[C@@H](Cc2ccccc2)C(=O)N2CCC[C@H]2C(=O)O)Cc2ccccc2C1. The standard InChI is InChI=1S/C27H29NO6/c29-23(27(17-24(30)31)15-19-9-4-5-10-20(19)16-27)14-21(13-18-7-2-1-3-8-18)25(32)28-12-6-11-22(28)26(33)34/h1-5,7-10,21-22H,6,11-17H2,(H,30,31)(H,33,34)/t21-,22+/m1/s1. The summed E-state index contributed by atoms with van der Waals surface area (Å²) in [5.41, 5.74) is 1.71. The van der Waals surface area contributed by atoms with Gasteiger partial charge in [-0.25, -0.2) is 4.79 Å². The number of carbonyl (C=O) groups is 4. The fraction of sp³-hybridized carbons (Fsp3) is 0.407. The van der Waals surface area contributed by atoms with Crippen LogP contribution in [0.4, 0.5) is 0 Å². The quantitative estimate of drug-likeness (QED) is 0.591. The zero-order valence-corrected chi connectivity index (χ0v) is 19.0. The van der Waals surface area contributed by atoms with E-state index in [1.54, 1.807) is 0 Å². The van der Waals surface area contributed by atoms with E-state index in [2.05, 4.69) is 0 Å².